The van der Waals surface area contributed by atoms with E-state index in [1.54, 1.807) is 0 Å². The molecule has 0 aliphatic carbocycles. The molecule has 14 heavy (non-hydrogen) atoms. The topological polar surface area (TPSA) is 59.2 Å². The monoisotopic (exact) mass is 214 g/mol. The number of hydrogen-bond donors (Lipinski definition) is 1. The van der Waals surface area contributed by atoms with Crippen LogP contribution in [0.15, 0.2) is 4.52 Å². The Labute approximate surface area is 87.1 Å². The van der Waals surface area contributed by atoms with Gasteiger partial charge in [-0.25, -0.2) is 0 Å². The molecule has 2 heterocycles. The van der Waals surface area contributed by atoms with Crippen LogP contribution in [0, 0.1) is 0 Å². The van der Waals surface area contributed by atoms with Crippen molar-refractivity contribution in [2.24, 2.45) is 0 Å². The first-order valence-electron chi connectivity index (χ1n) is 4.95. The molecule has 2 rings (SSSR count). The fourth-order valence-corrected chi connectivity index (χ4v) is 2.76. The minimum atomic E-state index is 0.0801. The van der Waals surface area contributed by atoms with Crippen LogP contribution in [0.5, 0.6) is 0 Å². The first-order valence-corrected chi connectivity index (χ1v) is 6.00. The van der Waals surface area contributed by atoms with Gasteiger partial charge < -0.3 is 9.63 Å². The number of nitrogens with zero attached hydrogens (tertiary/aromatic N) is 2. The molecule has 0 spiro atoms. The Morgan fingerprint density at radius 1 is 1.50 bits per heavy atom. The summed E-state index contributed by atoms with van der Waals surface area (Å²) in [7, 11) is 0. The van der Waals surface area contributed by atoms with Gasteiger partial charge in [-0.05, 0) is 18.6 Å². The van der Waals surface area contributed by atoms with E-state index in [0.29, 0.717) is 17.5 Å². The molecule has 0 radical (unpaired) electrons. The lowest BCUT2D eigenvalue weighted by atomic mass is 10.2. The van der Waals surface area contributed by atoms with Crippen LogP contribution in [0.25, 0.3) is 0 Å². The summed E-state index contributed by atoms with van der Waals surface area (Å²) < 4.78 is 5.16. The minimum absolute atomic E-state index is 0.0801. The molecule has 0 amide bonds. The Morgan fingerprint density at radius 3 is 3.14 bits per heavy atom. The standard InChI is InChI=1S/C9H14N2O2S/c12-5-4-8-10-9(13-11-8)7-3-1-2-6-14-7/h7,12H,1-6H2. The van der Waals surface area contributed by atoms with Gasteiger partial charge in [0.25, 0.3) is 0 Å². The van der Waals surface area contributed by atoms with E-state index in [1.165, 1.54) is 18.6 Å². The molecule has 1 aliphatic rings. The average Bonchev–Trinajstić information content (AvgIpc) is 2.68. The number of thioether (sulfide) groups is 1. The van der Waals surface area contributed by atoms with Crippen LogP contribution in [-0.2, 0) is 6.42 Å². The van der Waals surface area contributed by atoms with E-state index < -0.39 is 0 Å². The summed E-state index contributed by atoms with van der Waals surface area (Å²) in [5, 5.41) is 12.9. The van der Waals surface area contributed by atoms with Gasteiger partial charge in [0.05, 0.1) is 11.9 Å². The minimum Gasteiger partial charge on any atom is -0.396 e. The van der Waals surface area contributed by atoms with Crippen molar-refractivity contribution in [1.82, 2.24) is 10.1 Å². The molecule has 4 nitrogen and oxygen atoms in total. The largest absolute Gasteiger partial charge is 0.396 e. The van der Waals surface area contributed by atoms with E-state index in [-0.39, 0.29) is 6.61 Å². The van der Waals surface area contributed by atoms with Crippen LogP contribution >= 0.6 is 11.8 Å². The van der Waals surface area contributed by atoms with Crippen LogP contribution in [0.4, 0.5) is 0 Å². The van der Waals surface area contributed by atoms with Crippen molar-refractivity contribution < 1.29 is 9.63 Å². The highest BCUT2D eigenvalue weighted by molar-refractivity contribution is 7.99. The molecule has 0 bridgehead atoms. The van der Waals surface area contributed by atoms with Crippen molar-refractivity contribution in [2.45, 2.75) is 30.9 Å². The van der Waals surface area contributed by atoms with Crippen molar-refractivity contribution in [3.8, 4) is 0 Å². The molecule has 1 aromatic rings. The van der Waals surface area contributed by atoms with Gasteiger partial charge in [0, 0.05) is 6.42 Å². The smallest absolute Gasteiger partial charge is 0.239 e. The molecular formula is C9H14N2O2S. The second kappa shape index (κ2) is 4.79. The highest BCUT2D eigenvalue weighted by Crippen LogP contribution is 2.37. The number of aromatic nitrogens is 2. The fraction of sp³-hybridized carbons (Fsp3) is 0.778. The normalized spacial score (nSPS) is 22.5. The highest BCUT2D eigenvalue weighted by atomic mass is 32.2. The second-order valence-electron chi connectivity index (χ2n) is 3.38. The summed E-state index contributed by atoms with van der Waals surface area (Å²) in [4.78, 5) is 4.27. The van der Waals surface area contributed by atoms with E-state index in [0.717, 1.165) is 12.3 Å². The van der Waals surface area contributed by atoms with Crippen LogP contribution in [0.1, 0.15) is 36.2 Å². The van der Waals surface area contributed by atoms with E-state index >= 15 is 0 Å². The van der Waals surface area contributed by atoms with Gasteiger partial charge in [0.15, 0.2) is 5.82 Å². The molecule has 78 valence electrons. The number of aliphatic hydroxyl groups excluding tert-OH is 1. The summed E-state index contributed by atoms with van der Waals surface area (Å²) in [5.41, 5.74) is 0. The first-order chi connectivity index (χ1) is 6.90. The Morgan fingerprint density at radius 2 is 2.43 bits per heavy atom. The zero-order valence-corrected chi connectivity index (χ0v) is 8.79. The van der Waals surface area contributed by atoms with Crippen molar-refractivity contribution in [2.75, 3.05) is 12.4 Å². The van der Waals surface area contributed by atoms with Crippen molar-refractivity contribution in [3.05, 3.63) is 11.7 Å². The lowest BCUT2D eigenvalue weighted by Gasteiger charge is -2.16. The number of hydrogen-bond acceptors (Lipinski definition) is 5. The molecular weight excluding hydrogens is 200 g/mol. The number of aliphatic hydroxyl groups is 1. The van der Waals surface area contributed by atoms with E-state index in [4.69, 9.17) is 9.63 Å². The predicted octanol–water partition coefficient (Wildman–Crippen LogP) is 1.56. The van der Waals surface area contributed by atoms with Crippen LogP contribution < -0.4 is 0 Å². The summed E-state index contributed by atoms with van der Waals surface area (Å²) in [6.45, 7) is 0.0801. The van der Waals surface area contributed by atoms with Gasteiger partial charge in [-0.3, -0.25) is 0 Å². The maximum Gasteiger partial charge on any atom is 0.239 e. The average molecular weight is 214 g/mol. The van der Waals surface area contributed by atoms with E-state index in [9.17, 15) is 0 Å². The molecule has 0 aromatic carbocycles. The third-order valence-corrected chi connectivity index (χ3v) is 3.64. The molecule has 1 aliphatic heterocycles. The molecule has 1 atom stereocenters. The lowest BCUT2D eigenvalue weighted by molar-refractivity contribution is 0.292. The maximum atomic E-state index is 8.71. The number of rotatable bonds is 3. The van der Waals surface area contributed by atoms with Crippen molar-refractivity contribution in [1.29, 1.82) is 0 Å². The lowest BCUT2D eigenvalue weighted by Crippen LogP contribution is -2.02. The van der Waals surface area contributed by atoms with E-state index in [2.05, 4.69) is 10.1 Å². The quantitative estimate of drug-likeness (QED) is 0.827. The molecule has 1 saturated heterocycles. The van der Waals surface area contributed by atoms with Gasteiger partial charge in [-0.1, -0.05) is 11.6 Å². The fourth-order valence-electron chi connectivity index (χ4n) is 1.54. The molecule has 1 N–H and O–H groups in total. The molecule has 1 fully saturated rings. The SMILES string of the molecule is OCCc1noc(C2CCCCS2)n1. The van der Waals surface area contributed by atoms with Gasteiger partial charge >= 0.3 is 0 Å². The van der Waals surface area contributed by atoms with Gasteiger partial charge in [0.2, 0.25) is 5.89 Å². The van der Waals surface area contributed by atoms with Crippen LogP contribution in [0.2, 0.25) is 0 Å². The first kappa shape index (κ1) is 9.98. The summed E-state index contributed by atoms with van der Waals surface area (Å²) in [5.74, 6) is 2.54. The van der Waals surface area contributed by atoms with Gasteiger partial charge in [0.1, 0.15) is 0 Å². The van der Waals surface area contributed by atoms with Crippen LogP contribution in [0.3, 0.4) is 0 Å². The molecule has 0 saturated carbocycles. The van der Waals surface area contributed by atoms with Crippen molar-refractivity contribution in [3.63, 3.8) is 0 Å². The van der Waals surface area contributed by atoms with Crippen molar-refractivity contribution >= 4 is 11.8 Å². The van der Waals surface area contributed by atoms with Crippen LogP contribution in [-0.4, -0.2) is 27.6 Å². The Hall–Kier alpha value is -0.550. The Kier molecular flexibility index (Phi) is 3.42. The van der Waals surface area contributed by atoms with E-state index in [1.807, 2.05) is 11.8 Å². The molecule has 5 heteroatoms. The Balaban J connectivity index is 2.00. The summed E-state index contributed by atoms with van der Waals surface area (Å²) in [6, 6.07) is 0. The summed E-state index contributed by atoms with van der Waals surface area (Å²) in [6.07, 6.45) is 4.15. The molecule has 1 unspecified atom stereocenters. The Bertz CT molecular complexity index is 284. The highest BCUT2D eigenvalue weighted by Gasteiger charge is 2.21. The predicted molar refractivity (Wildman–Crippen MR) is 54.1 cm³/mol. The molecule has 1 aromatic heterocycles. The van der Waals surface area contributed by atoms with Gasteiger partial charge in [-0.15, -0.1) is 11.8 Å². The maximum absolute atomic E-state index is 8.71. The zero-order valence-electron chi connectivity index (χ0n) is 7.98. The third kappa shape index (κ3) is 2.27. The summed E-state index contributed by atoms with van der Waals surface area (Å²) >= 11 is 1.89. The second-order valence-corrected chi connectivity index (χ2v) is 4.69. The zero-order chi connectivity index (χ0) is 9.80. The van der Waals surface area contributed by atoms with Gasteiger partial charge in [-0.2, -0.15) is 4.98 Å². The third-order valence-electron chi connectivity index (χ3n) is 2.27.